The van der Waals surface area contributed by atoms with Gasteiger partial charge in [0.15, 0.2) is 0 Å². The van der Waals surface area contributed by atoms with E-state index in [4.69, 9.17) is 4.74 Å². The Morgan fingerprint density at radius 2 is 1.46 bits per heavy atom. The minimum Gasteiger partial charge on any atom is -0.459 e. The molecule has 0 amide bonds. The minimum absolute atomic E-state index is 0.0259. The number of fused-ring (bicyclic) bond motifs is 7. The van der Waals surface area contributed by atoms with Crippen LogP contribution in [-0.2, 0) is 5.41 Å². The summed E-state index contributed by atoms with van der Waals surface area (Å²) in [7, 11) is 0. The number of para-hydroxylation sites is 1. The van der Waals surface area contributed by atoms with Crippen molar-refractivity contribution in [3.8, 4) is 16.9 Å². The van der Waals surface area contributed by atoms with Gasteiger partial charge < -0.3 is 9.64 Å². The van der Waals surface area contributed by atoms with Gasteiger partial charge in [0.1, 0.15) is 11.5 Å². The fraction of sp³-hybridized carbons (Fsp3) is 0.135. The summed E-state index contributed by atoms with van der Waals surface area (Å²) in [6, 6.07) is 39.4. The second-order valence-electron chi connectivity index (χ2n) is 11.4. The van der Waals surface area contributed by atoms with E-state index in [1.807, 2.05) is 0 Å². The summed E-state index contributed by atoms with van der Waals surface area (Å²) < 4.78 is 6.83. The smallest absolute Gasteiger partial charge is 0.136 e. The molecule has 0 N–H and O–H groups in total. The van der Waals surface area contributed by atoms with Gasteiger partial charge in [-0.2, -0.15) is 0 Å². The maximum atomic E-state index is 6.83. The fourth-order valence-electron chi connectivity index (χ4n) is 6.80. The van der Waals surface area contributed by atoms with Crippen molar-refractivity contribution >= 4 is 22.1 Å². The number of anilines is 2. The van der Waals surface area contributed by atoms with Crippen LogP contribution in [0.5, 0.6) is 5.75 Å². The van der Waals surface area contributed by atoms with E-state index in [1.165, 1.54) is 38.6 Å². The second kappa shape index (κ2) is 8.22. The highest BCUT2D eigenvalue weighted by molar-refractivity contribution is 5.88. The van der Waals surface area contributed by atoms with Crippen molar-refractivity contribution in [1.29, 1.82) is 0 Å². The van der Waals surface area contributed by atoms with Crippen LogP contribution in [-0.4, -0.2) is 0 Å². The van der Waals surface area contributed by atoms with Crippen LogP contribution in [0.2, 0.25) is 0 Å². The number of hydrogen-bond donors (Lipinski definition) is 0. The van der Waals surface area contributed by atoms with E-state index in [9.17, 15) is 0 Å². The molecular weight excluding hydrogens is 474 g/mol. The summed E-state index contributed by atoms with van der Waals surface area (Å²) in [5.41, 5.74) is 10.1. The van der Waals surface area contributed by atoms with Gasteiger partial charge in [-0.1, -0.05) is 92.7 Å². The molecule has 2 aliphatic carbocycles. The maximum absolute atomic E-state index is 6.83. The van der Waals surface area contributed by atoms with Crippen LogP contribution in [0, 0.1) is 0 Å². The lowest BCUT2D eigenvalue weighted by molar-refractivity contribution is 0.418. The SMILES string of the molecule is CC1(C)c2ccccc2-c2cc3c(cc21)C1CC=CC(N(c2ccccc2)c2ccc4ccccc4c2)=C1O3. The molecule has 5 aromatic carbocycles. The summed E-state index contributed by atoms with van der Waals surface area (Å²) >= 11 is 0. The van der Waals surface area contributed by atoms with Gasteiger partial charge >= 0.3 is 0 Å². The minimum atomic E-state index is -0.0259. The molecule has 1 atom stereocenters. The lowest BCUT2D eigenvalue weighted by Gasteiger charge is -2.30. The first-order valence-corrected chi connectivity index (χ1v) is 13.8. The molecule has 0 saturated heterocycles. The quantitative estimate of drug-likeness (QED) is 0.243. The Morgan fingerprint density at radius 1 is 0.692 bits per heavy atom. The van der Waals surface area contributed by atoms with Crippen LogP contribution in [0.1, 0.15) is 42.9 Å². The zero-order valence-corrected chi connectivity index (χ0v) is 22.2. The zero-order valence-electron chi connectivity index (χ0n) is 22.2. The third-order valence-corrected chi connectivity index (χ3v) is 8.77. The van der Waals surface area contributed by atoms with E-state index in [0.717, 1.165) is 35.0 Å². The van der Waals surface area contributed by atoms with Gasteiger partial charge in [0.2, 0.25) is 0 Å². The summed E-state index contributed by atoms with van der Waals surface area (Å²) in [5.74, 6) is 2.24. The third-order valence-electron chi connectivity index (χ3n) is 8.77. The number of hydrogen-bond acceptors (Lipinski definition) is 2. The Hall–Kier alpha value is -4.56. The zero-order chi connectivity index (χ0) is 26.1. The molecular formula is C37H29NO. The molecule has 0 radical (unpaired) electrons. The van der Waals surface area contributed by atoms with Crippen molar-refractivity contribution in [1.82, 2.24) is 0 Å². The van der Waals surface area contributed by atoms with Crippen molar-refractivity contribution in [2.45, 2.75) is 31.6 Å². The average Bonchev–Trinajstić information content (AvgIpc) is 3.45. The second-order valence-corrected chi connectivity index (χ2v) is 11.4. The molecule has 39 heavy (non-hydrogen) atoms. The molecule has 0 aromatic heterocycles. The normalized spacial score (nSPS) is 17.8. The molecule has 1 heterocycles. The Morgan fingerprint density at radius 3 is 2.33 bits per heavy atom. The molecule has 188 valence electrons. The van der Waals surface area contributed by atoms with Gasteiger partial charge in [-0.25, -0.2) is 0 Å². The lowest BCUT2D eigenvalue weighted by atomic mass is 9.80. The number of allylic oxidation sites excluding steroid dienone is 3. The third kappa shape index (κ3) is 3.28. The highest BCUT2D eigenvalue weighted by Gasteiger charge is 2.41. The first kappa shape index (κ1) is 22.4. The van der Waals surface area contributed by atoms with E-state index in [0.29, 0.717) is 0 Å². The predicted octanol–water partition coefficient (Wildman–Crippen LogP) is 9.63. The standard InChI is InChI=1S/C37H29NO/c1-37(2)32-17-9-8-15-28(32)30-23-35-31(22-33(30)37)29-16-10-18-34(36(29)39-35)38(26-13-4-3-5-14-26)27-20-19-24-11-6-7-12-25(24)21-27/h3-15,17-23,29H,16H2,1-2H3. The summed E-state index contributed by atoms with van der Waals surface area (Å²) in [4.78, 5) is 2.35. The van der Waals surface area contributed by atoms with Crippen LogP contribution in [0.3, 0.4) is 0 Å². The Balaban J connectivity index is 1.30. The summed E-state index contributed by atoms with van der Waals surface area (Å²) in [6.45, 7) is 4.69. The van der Waals surface area contributed by atoms with E-state index in [-0.39, 0.29) is 11.3 Å². The largest absolute Gasteiger partial charge is 0.459 e. The summed E-state index contributed by atoms with van der Waals surface area (Å²) in [5, 5.41) is 2.47. The lowest BCUT2D eigenvalue weighted by Crippen LogP contribution is -2.21. The van der Waals surface area contributed by atoms with E-state index in [1.54, 1.807) is 0 Å². The molecule has 8 rings (SSSR count). The van der Waals surface area contributed by atoms with Gasteiger partial charge in [-0.15, -0.1) is 0 Å². The molecule has 5 aromatic rings. The van der Waals surface area contributed by atoms with Gasteiger partial charge in [-0.05, 0) is 81.9 Å². The number of benzene rings is 5. The number of rotatable bonds is 3. The summed E-state index contributed by atoms with van der Waals surface area (Å²) in [6.07, 6.45) is 5.50. The average molecular weight is 504 g/mol. The molecule has 0 saturated carbocycles. The van der Waals surface area contributed by atoms with Crippen LogP contribution in [0.4, 0.5) is 11.4 Å². The number of ether oxygens (including phenoxy) is 1. The molecule has 1 aliphatic heterocycles. The molecule has 1 unspecified atom stereocenters. The predicted molar refractivity (Wildman–Crippen MR) is 161 cm³/mol. The highest BCUT2D eigenvalue weighted by atomic mass is 16.5. The monoisotopic (exact) mass is 503 g/mol. The van der Waals surface area contributed by atoms with E-state index in [2.05, 4.69) is 140 Å². The van der Waals surface area contributed by atoms with Crippen molar-refractivity contribution in [2.75, 3.05) is 4.90 Å². The van der Waals surface area contributed by atoms with Gasteiger partial charge in [0, 0.05) is 22.4 Å². The van der Waals surface area contributed by atoms with Crippen LogP contribution in [0.15, 0.2) is 133 Å². The Labute approximate surface area is 229 Å². The maximum Gasteiger partial charge on any atom is 0.136 e. The molecule has 2 heteroatoms. The van der Waals surface area contributed by atoms with E-state index >= 15 is 0 Å². The molecule has 0 bridgehead atoms. The van der Waals surface area contributed by atoms with Gasteiger partial charge in [0.05, 0.1) is 11.6 Å². The van der Waals surface area contributed by atoms with Crippen LogP contribution >= 0.6 is 0 Å². The Kier molecular flexibility index (Phi) is 4.73. The first-order valence-electron chi connectivity index (χ1n) is 13.8. The van der Waals surface area contributed by atoms with Gasteiger partial charge in [0.25, 0.3) is 0 Å². The first-order chi connectivity index (χ1) is 19.1. The topological polar surface area (TPSA) is 12.5 Å². The molecule has 0 spiro atoms. The van der Waals surface area contributed by atoms with Crippen molar-refractivity contribution < 1.29 is 4.74 Å². The highest BCUT2D eigenvalue weighted by Crippen LogP contribution is 2.55. The number of nitrogens with zero attached hydrogens (tertiary/aromatic N) is 1. The molecule has 2 nitrogen and oxygen atoms in total. The Bertz CT molecular complexity index is 1840. The fourth-order valence-corrected chi connectivity index (χ4v) is 6.80. The van der Waals surface area contributed by atoms with E-state index < -0.39 is 0 Å². The van der Waals surface area contributed by atoms with Crippen molar-refractivity contribution in [3.63, 3.8) is 0 Å². The molecule has 3 aliphatic rings. The molecule has 0 fully saturated rings. The van der Waals surface area contributed by atoms with Crippen molar-refractivity contribution in [3.05, 3.63) is 149 Å². The van der Waals surface area contributed by atoms with Gasteiger partial charge in [-0.3, -0.25) is 0 Å². The van der Waals surface area contributed by atoms with Crippen LogP contribution in [0.25, 0.3) is 21.9 Å². The van der Waals surface area contributed by atoms with Crippen molar-refractivity contribution in [2.24, 2.45) is 0 Å². The van der Waals surface area contributed by atoms with Crippen LogP contribution < -0.4 is 9.64 Å².